The molecule has 0 bridgehead atoms. The zero-order valence-electron chi connectivity index (χ0n) is 17.7. The van der Waals surface area contributed by atoms with Gasteiger partial charge in [-0.15, -0.1) is 0 Å². The number of aliphatic carboxylic acids is 1. The quantitative estimate of drug-likeness (QED) is 0.526. The average molecular weight is 418 g/mol. The summed E-state index contributed by atoms with van der Waals surface area (Å²) in [6.45, 7) is 5.38. The number of ether oxygens (including phenoxy) is 2. The average Bonchev–Trinajstić information content (AvgIpc) is 3.15. The molecule has 0 radical (unpaired) electrons. The maximum absolute atomic E-state index is 11.2. The van der Waals surface area contributed by atoms with E-state index in [4.69, 9.17) is 14.7 Å². The lowest BCUT2D eigenvalue weighted by atomic mass is 10.1. The number of carbonyl (C=O) groups is 1. The summed E-state index contributed by atoms with van der Waals surface area (Å²) in [5, 5.41) is 18.2. The fourth-order valence-electron chi connectivity index (χ4n) is 3.44. The highest BCUT2D eigenvalue weighted by molar-refractivity contribution is 5.72. The largest absolute Gasteiger partial charge is 0.492 e. The second kappa shape index (κ2) is 10.5. The molecule has 0 fully saturated rings. The summed E-state index contributed by atoms with van der Waals surface area (Å²) >= 11 is 0. The van der Waals surface area contributed by atoms with Crippen LogP contribution in [0.5, 0.6) is 5.75 Å². The Morgan fingerprint density at radius 3 is 2.42 bits per heavy atom. The van der Waals surface area contributed by atoms with Gasteiger partial charge in [0.15, 0.2) is 6.10 Å². The maximum Gasteiger partial charge on any atom is 0.333 e. The lowest BCUT2D eigenvalue weighted by Crippen LogP contribution is -2.26. The molecule has 3 rings (SSSR count). The van der Waals surface area contributed by atoms with E-state index >= 15 is 0 Å². The molecule has 3 aromatic rings. The predicted molar refractivity (Wildman–Crippen MR) is 118 cm³/mol. The van der Waals surface area contributed by atoms with Crippen LogP contribution in [0.2, 0.25) is 0 Å². The first-order valence-corrected chi connectivity index (χ1v) is 10.2. The van der Waals surface area contributed by atoms with E-state index in [0.717, 1.165) is 28.3 Å². The molecular formula is C25H26N2O4. The molecule has 0 aliphatic rings. The van der Waals surface area contributed by atoms with Crippen molar-refractivity contribution in [1.82, 2.24) is 4.57 Å². The van der Waals surface area contributed by atoms with Crippen LogP contribution in [0.25, 0.3) is 11.3 Å². The van der Waals surface area contributed by atoms with E-state index in [0.29, 0.717) is 31.7 Å². The van der Waals surface area contributed by atoms with E-state index in [1.54, 1.807) is 6.92 Å². The molecule has 0 spiro atoms. The van der Waals surface area contributed by atoms with Crippen LogP contribution in [-0.4, -0.2) is 35.0 Å². The van der Waals surface area contributed by atoms with E-state index in [-0.39, 0.29) is 0 Å². The summed E-state index contributed by atoms with van der Waals surface area (Å²) in [7, 11) is 0. The zero-order chi connectivity index (χ0) is 22.2. The van der Waals surface area contributed by atoms with Crippen LogP contribution in [0, 0.1) is 18.3 Å². The number of benzene rings is 2. The highest BCUT2D eigenvalue weighted by Crippen LogP contribution is 2.23. The van der Waals surface area contributed by atoms with Gasteiger partial charge in [-0.1, -0.05) is 24.3 Å². The molecular weight excluding hydrogens is 392 g/mol. The minimum Gasteiger partial charge on any atom is -0.492 e. The van der Waals surface area contributed by atoms with Gasteiger partial charge in [0.25, 0.3) is 0 Å². The number of nitriles is 1. The number of rotatable bonds is 10. The van der Waals surface area contributed by atoms with Gasteiger partial charge in [0.2, 0.25) is 0 Å². The van der Waals surface area contributed by atoms with E-state index in [2.05, 4.69) is 29.7 Å². The summed E-state index contributed by atoms with van der Waals surface area (Å²) in [6.07, 6.45) is -0.519. The third-order valence-electron chi connectivity index (χ3n) is 5.08. The van der Waals surface area contributed by atoms with Crippen LogP contribution in [0.3, 0.4) is 0 Å². The SMILES string of the molecule is CCOC(Cc1ccc(OCCn2c(C)ccc2-c2ccc(C#N)cc2)cc1)C(=O)O. The van der Waals surface area contributed by atoms with Gasteiger partial charge in [-0.3, -0.25) is 0 Å². The van der Waals surface area contributed by atoms with Crippen molar-refractivity contribution in [3.05, 3.63) is 77.5 Å². The monoisotopic (exact) mass is 418 g/mol. The van der Waals surface area contributed by atoms with Crippen LogP contribution in [0.15, 0.2) is 60.7 Å². The molecule has 31 heavy (non-hydrogen) atoms. The highest BCUT2D eigenvalue weighted by Gasteiger charge is 2.17. The standard InChI is InChI=1S/C25H26N2O4/c1-3-30-24(25(28)29)16-19-7-11-22(12-8-19)31-15-14-27-18(2)4-13-23(27)21-9-5-20(17-26)6-10-21/h4-13,24H,3,14-16H2,1-2H3,(H,28,29). The van der Waals surface area contributed by atoms with Crippen molar-refractivity contribution < 1.29 is 19.4 Å². The van der Waals surface area contributed by atoms with E-state index in [1.165, 1.54) is 0 Å². The van der Waals surface area contributed by atoms with Crippen LogP contribution < -0.4 is 4.74 Å². The molecule has 1 unspecified atom stereocenters. The predicted octanol–water partition coefficient (Wildman–Crippen LogP) is 4.45. The van der Waals surface area contributed by atoms with Crippen LogP contribution >= 0.6 is 0 Å². The third kappa shape index (κ3) is 5.74. The Balaban J connectivity index is 1.60. The lowest BCUT2D eigenvalue weighted by molar-refractivity contribution is -0.149. The molecule has 6 nitrogen and oxygen atoms in total. The van der Waals surface area contributed by atoms with Gasteiger partial charge >= 0.3 is 5.97 Å². The molecule has 6 heteroatoms. The van der Waals surface area contributed by atoms with Gasteiger partial charge in [0, 0.05) is 24.4 Å². The van der Waals surface area contributed by atoms with Crippen molar-refractivity contribution in [2.45, 2.75) is 32.9 Å². The Labute approximate surface area is 182 Å². The summed E-state index contributed by atoms with van der Waals surface area (Å²) in [6, 6.07) is 21.3. The van der Waals surface area contributed by atoms with Crippen LogP contribution in [0.1, 0.15) is 23.7 Å². The van der Waals surface area contributed by atoms with Crippen molar-refractivity contribution in [3.63, 3.8) is 0 Å². The molecule has 1 aromatic heterocycles. The highest BCUT2D eigenvalue weighted by atomic mass is 16.5. The molecule has 0 aliphatic heterocycles. The number of carboxylic acid groups (broad SMARTS) is 1. The Kier molecular flexibility index (Phi) is 7.47. The topological polar surface area (TPSA) is 84.5 Å². The van der Waals surface area contributed by atoms with E-state index < -0.39 is 12.1 Å². The first kappa shape index (κ1) is 22.1. The molecule has 0 aliphatic carbocycles. The van der Waals surface area contributed by atoms with Crippen LogP contribution in [0.4, 0.5) is 0 Å². The van der Waals surface area contributed by atoms with Crippen molar-refractivity contribution in [2.75, 3.05) is 13.2 Å². The summed E-state index contributed by atoms with van der Waals surface area (Å²) in [5.41, 5.74) is 4.79. The second-order valence-corrected chi connectivity index (χ2v) is 7.18. The van der Waals surface area contributed by atoms with E-state index in [1.807, 2.05) is 48.5 Å². The Hall–Kier alpha value is -3.56. The molecule has 0 saturated heterocycles. The first-order chi connectivity index (χ1) is 15.0. The molecule has 0 saturated carbocycles. The number of hydrogen-bond donors (Lipinski definition) is 1. The Morgan fingerprint density at radius 2 is 1.81 bits per heavy atom. The van der Waals surface area contributed by atoms with Gasteiger partial charge in [0.1, 0.15) is 12.4 Å². The second-order valence-electron chi connectivity index (χ2n) is 7.18. The zero-order valence-corrected chi connectivity index (χ0v) is 17.7. The fraction of sp³-hybridized carbons (Fsp3) is 0.280. The molecule has 0 amide bonds. The molecule has 1 N–H and O–H groups in total. The smallest absolute Gasteiger partial charge is 0.333 e. The number of nitrogens with zero attached hydrogens (tertiary/aromatic N) is 2. The number of aromatic nitrogens is 1. The fourth-order valence-corrected chi connectivity index (χ4v) is 3.44. The minimum atomic E-state index is -0.956. The Morgan fingerprint density at radius 1 is 1.10 bits per heavy atom. The number of aryl methyl sites for hydroxylation is 1. The van der Waals surface area contributed by atoms with Gasteiger partial charge in [-0.2, -0.15) is 5.26 Å². The molecule has 1 atom stereocenters. The summed E-state index contributed by atoms with van der Waals surface area (Å²) < 4.78 is 13.4. The molecule has 2 aromatic carbocycles. The van der Waals surface area contributed by atoms with Crippen molar-refractivity contribution >= 4 is 5.97 Å². The molecule has 1 heterocycles. The van der Waals surface area contributed by atoms with Gasteiger partial charge in [-0.05, 0) is 61.4 Å². The summed E-state index contributed by atoms with van der Waals surface area (Å²) in [5.74, 6) is -0.223. The first-order valence-electron chi connectivity index (χ1n) is 10.2. The minimum absolute atomic E-state index is 0.319. The molecule has 160 valence electrons. The van der Waals surface area contributed by atoms with Gasteiger partial charge in [0.05, 0.1) is 18.2 Å². The summed E-state index contributed by atoms with van der Waals surface area (Å²) in [4.78, 5) is 11.2. The Bertz CT molecular complexity index is 1050. The normalized spacial score (nSPS) is 11.6. The lowest BCUT2D eigenvalue weighted by Gasteiger charge is -2.14. The van der Waals surface area contributed by atoms with E-state index in [9.17, 15) is 9.90 Å². The van der Waals surface area contributed by atoms with Crippen LogP contribution in [-0.2, 0) is 22.5 Å². The van der Waals surface area contributed by atoms with Crippen molar-refractivity contribution in [2.24, 2.45) is 0 Å². The number of hydrogen-bond acceptors (Lipinski definition) is 4. The maximum atomic E-state index is 11.2. The van der Waals surface area contributed by atoms with Gasteiger partial charge < -0.3 is 19.1 Å². The van der Waals surface area contributed by atoms with Gasteiger partial charge in [-0.25, -0.2) is 4.79 Å². The third-order valence-corrected chi connectivity index (χ3v) is 5.08. The van der Waals surface area contributed by atoms with Crippen molar-refractivity contribution in [1.29, 1.82) is 5.26 Å². The van der Waals surface area contributed by atoms with Crippen molar-refractivity contribution in [3.8, 4) is 23.1 Å². The number of carboxylic acids is 1.